The third-order valence-corrected chi connectivity index (χ3v) is 5.74. The lowest BCUT2D eigenvalue weighted by molar-refractivity contribution is 0.416. The number of methoxy groups -OCH3 is 1. The quantitative estimate of drug-likeness (QED) is 0.400. The summed E-state index contributed by atoms with van der Waals surface area (Å²) in [6.45, 7) is 5.32. The Labute approximate surface area is 184 Å². The van der Waals surface area contributed by atoms with Gasteiger partial charge in [0.1, 0.15) is 5.75 Å². The van der Waals surface area contributed by atoms with Gasteiger partial charge in [0.05, 0.1) is 7.11 Å². The van der Waals surface area contributed by atoms with Crippen LogP contribution in [0.3, 0.4) is 0 Å². The minimum atomic E-state index is 0.398. The first kappa shape index (κ1) is 20.6. The van der Waals surface area contributed by atoms with Gasteiger partial charge in [-0.2, -0.15) is 0 Å². The van der Waals surface area contributed by atoms with E-state index < -0.39 is 0 Å². The van der Waals surface area contributed by atoms with Crippen molar-refractivity contribution in [2.75, 3.05) is 24.3 Å². The summed E-state index contributed by atoms with van der Waals surface area (Å²) in [5.74, 6) is 1.67. The van der Waals surface area contributed by atoms with Crippen LogP contribution in [-0.4, -0.2) is 19.7 Å². The van der Waals surface area contributed by atoms with Gasteiger partial charge in [0.15, 0.2) is 0 Å². The smallest absolute Gasteiger partial charge is 0.127 e. The van der Waals surface area contributed by atoms with E-state index in [0.29, 0.717) is 11.1 Å². The molecule has 156 valence electrons. The molecule has 0 heterocycles. The highest BCUT2D eigenvalue weighted by Crippen LogP contribution is 2.40. The summed E-state index contributed by atoms with van der Waals surface area (Å²) < 4.78 is 5.72. The average molecular weight is 421 g/mol. The Hall–Kier alpha value is -2.65. The number of ether oxygens (including phenoxy) is 1. The molecule has 0 amide bonds. The van der Waals surface area contributed by atoms with Gasteiger partial charge < -0.3 is 15.4 Å². The van der Waals surface area contributed by atoms with Crippen molar-refractivity contribution in [3.05, 3.63) is 65.7 Å². The molecule has 0 spiro atoms. The predicted octanol–water partition coefficient (Wildman–Crippen LogP) is 7.32. The molecule has 0 aromatic heterocycles. The van der Waals surface area contributed by atoms with Crippen LogP contribution in [0.4, 0.5) is 11.4 Å². The lowest BCUT2D eigenvalue weighted by Gasteiger charge is -2.15. The molecule has 0 bridgehead atoms. The predicted molar refractivity (Wildman–Crippen MR) is 129 cm³/mol. The van der Waals surface area contributed by atoms with Gasteiger partial charge in [0.2, 0.25) is 0 Å². The normalized spacial score (nSPS) is 13.4. The largest absolute Gasteiger partial charge is 0.496 e. The number of anilines is 2. The van der Waals surface area contributed by atoms with Crippen molar-refractivity contribution in [2.24, 2.45) is 5.92 Å². The van der Waals surface area contributed by atoms with Crippen molar-refractivity contribution in [1.29, 1.82) is 0 Å². The second-order valence-electron chi connectivity index (χ2n) is 8.31. The summed E-state index contributed by atoms with van der Waals surface area (Å²) in [7, 11) is 1.70. The van der Waals surface area contributed by atoms with E-state index in [0.717, 1.165) is 51.8 Å². The molecule has 1 aliphatic rings. The molecule has 3 aromatic rings. The Morgan fingerprint density at radius 3 is 2.07 bits per heavy atom. The molecule has 0 radical (unpaired) electrons. The molecule has 0 saturated heterocycles. The Balaban J connectivity index is 1.58. The van der Waals surface area contributed by atoms with Gasteiger partial charge in [0.25, 0.3) is 0 Å². The number of nitrogens with one attached hydrogen (secondary N) is 2. The van der Waals surface area contributed by atoms with Crippen molar-refractivity contribution in [1.82, 2.24) is 0 Å². The maximum atomic E-state index is 6.71. The summed E-state index contributed by atoms with van der Waals surface area (Å²) in [5.41, 5.74) is 6.38. The SMILES string of the molecule is COc1cc(-c2ccc(NCC3CC3)cc2)c(Cl)cc1-c1ccc(NC(C)C)cc1. The van der Waals surface area contributed by atoms with Gasteiger partial charge in [-0.05, 0) is 80.1 Å². The zero-order chi connectivity index (χ0) is 21.1. The Morgan fingerprint density at radius 2 is 1.50 bits per heavy atom. The van der Waals surface area contributed by atoms with Crippen LogP contribution >= 0.6 is 11.6 Å². The maximum Gasteiger partial charge on any atom is 0.127 e. The lowest BCUT2D eigenvalue weighted by Crippen LogP contribution is -2.09. The van der Waals surface area contributed by atoms with Crippen LogP contribution in [0, 0.1) is 5.92 Å². The Morgan fingerprint density at radius 1 is 0.900 bits per heavy atom. The van der Waals surface area contributed by atoms with E-state index >= 15 is 0 Å². The monoisotopic (exact) mass is 420 g/mol. The zero-order valence-electron chi connectivity index (χ0n) is 17.8. The van der Waals surface area contributed by atoms with Crippen LogP contribution in [0.25, 0.3) is 22.3 Å². The number of hydrogen-bond acceptors (Lipinski definition) is 3. The molecule has 3 aromatic carbocycles. The fourth-order valence-corrected chi connectivity index (χ4v) is 3.87. The molecule has 4 heteroatoms. The van der Waals surface area contributed by atoms with Crippen molar-refractivity contribution in [3.8, 4) is 28.0 Å². The van der Waals surface area contributed by atoms with Crippen LogP contribution in [0.1, 0.15) is 26.7 Å². The number of halogens is 1. The van der Waals surface area contributed by atoms with Crippen LogP contribution in [0.2, 0.25) is 5.02 Å². The van der Waals surface area contributed by atoms with E-state index in [9.17, 15) is 0 Å². The van der Waals surface area contributed by atoms with Crippen molar-refractivity contribution in [2.45, 2.75) is 32.7 Å². The van der Waals surface area contributed by atoms with E-state index in [-0.39, 0.29) is 0 Å². The molecule has 0 unspecified atom stereocenters. The molecule has 1 fully saturated rings. The first-order valence-electron chi connectivity index (χ1n) is 10.6. The molecule has 3 nitrogen and oxygen atoms in total. The van der Waals surface area contributed by atoms with E-state index in [1.807, 2.05) is 12.1 Å². The van der Waals surface area contributed by atoms with Crippen LogP contribution in [0.5, 0.6) is 5.75 Å². The molecular weight excluding hydrogens is 392 g/mol. The van der Waals surface area contributed by atoms with Gasteiger partial charge in [0, 0.05) is 40.1 Å². The number of rotatable bonds is 8. The summed E-state index contributed by atoms with van der Waals surface area (Å²) >= 11 is 6.71. The number of benzene rings is 3. The summed E-state index contributed by atoms with van der Waals surface area (Å²) in [6, 6.07) is 21.3. The van der Waals surface area contributed by atoms with Gasteiger partial charge >= 0.3 is 0 Å². The molecule has 1 aliphatic carbocycles. The van der Waals surface area contributed by atoms with E-state index in [1.54, 1.807) is 7.11 Å². The Kier molecular flexibility index (Phi) is 6.19. The van der Waals surface area contributed by atoms with Crippen molar-refractivity contribution < 1.29 is 4.74 Å². The molecule has 2 N–H and O–H groups in total. The average Bonchev–Trinajstić information content (AvgIpc) is 3.57. The van der Waals surface area contributed by atoms with E-state index in [1.165, 1.54) is 12.8 Å². The van der Waals surface area contributed by atoms with Crippen molar-refractivity contribution in [3.63, 3.8) is 0 Å². The number of hydrogen-bond donors (Lipinski definition) is 2. The molecular formula is C26H29ClN2O. The van der Waals surface area contributed by atoms with Gasteiger partial charge in [-0.25, -0.2) is 0 Å². The highest BCUT2D eigenvalue weighted by Gasteiger charge is 2.20. The maximum absolute atomic E-state index is 6.71. The second kappa shape index (κ2) is 9.01. The summed E-state index contributed by atoms with van der Waals surface area (Å²) in [6.07, 6.45) is 2.70. The minimum Gasteiger partial charge on any atom is -0.496 e. The van der Waals surface area contributed by atoms with Gasteiger partial charge in [-0.3, -0.25) is 0 Å². The van der Waals surface area contributed by atoms with E-state index in [4.69, 9.17) is 16.3 Å². The molecule has 30 heavy (non-hydrogen) atoms. The Bertz CT molecular complexity index is 993. The molecule has 0 aliphatic heterocycles. The van der Waals surface area contributed by atoms with Crippen LogP contribution in [-0.2, 0) is 0 Å². The summed E-state index contributed by atoms with van der Waals surface area (Å²) in [4.78, 5) is 0. The summed E-state index contributed by atoms with van der Waals surface area (Å²) in [5, 5.41) is 7.64. The third-order valence-electron chi connectivity index (χ3n) is 5.43. The fraction of sp³-hybridized carbons (Fsp3) is 0.308. The highest BCUT2D eigenvalue weighted by molar-refractivity contribution is 6.33. The third kappa shape index (κ3) is 4.91. The topological polar surface area (TPSA) is 33.3 Å². The highest BCUT2D eigenvalue weighted by atomic mass is 35.5. The first-order chi connectivity index (χ1) is 14.5. The molecule has 1 saturated carbocycles. The standard InChI is InChI=1S/C26H29ClN2O/c1-17(2)29-22-12-8-20(9-13-22)24-14-25(27)23(15-26(24)30-3)19-6-10-21(11-7-19)28-16-18-4-5-18/h6-15,17-18,28-29H,4-5,16H2,1-3H3. The van der Waals surface area contributed by atoms with Gasteiger partial charge in [-0.15, -0.1) is 0 Å². The fourth-order valence-electron chi connectivity index (χ4n) is 3.60. The molecule has 0 atom stereocenters. The second-order valence-corrected chi connectivity index (χ2v) is 8.72. The first-order valence-corrected chi connectivity index (χ1v) is 11.0. The minimum absolute atomic E-state index is 0.398. The zero-order valence-corrected chi connectivity index (χ0v) is 18.6. The molecule has 4 rings (SSSR count). The van der Waals surface area contributed by atoms with E-state index in [2.05, 4.69) is 73.0 Å². The van der Waals surface area contributed by atoms with Gasteiger partial charge in [-0.1, -0.05) is 35.9 Å². The van der Waals surface area contributed by atoms with Crippen LogP contribution in [0.15, 0.2) is 60.7 Å². The lowest BCUT2D eigenvalue weighted by atomic mass is 9.98. The van der Waals surface area contributed by atoms with Crippen molar-refractivity contribution >= 4 is 23.0 Å². The van der Waals surface area contributed by atoms with Crippen LogP contribution < -0.4 is 15.4 Å².